The first-order valence-electron chi connectivity index (χ1n) is 13.3. The number of fused-ring (bicyclic) bond motifs is 2. The van der Waals surface area contributed by atoms with Gasteiger partial charge in [0.25, 0.3) is 0 Å². The van der Waals surface area contributed by atoms with Crippen LogP contribution < -0.4 is 31.1 Å². The van der Waals surface area contributed by atoms with E-state index in [-0.39, 0.29) is 49.7 Å². The van der Waals surface area contributed by atoms with E-state index in [0.29, 0.717) is 36.2 Å². The number of thiol groups is 1. The number of ether oxygens (including phenoxy) is 5. The summed E-state index contributed by atoms with van der Waals surface area (Å²) in [4.78, 5) is 29.1. The molecule has 0 bridgehead atoms. The molecule has 1 aromatic heterocycles. The number of urea groups is 1. The number of carbonyl (C=O) groups excluding carboxylic acids is 1. The molecule has 15 heteroatoms. The molecule has 41 heavy (non-hydrogen) atoms. The van der Waals surface area contributed by atoms with Gasteiger partial charge >= 0.3 is 11.7 Å². The minimum absolute atomic E-state index is 0.0976. The molecular weight excluding hydrogens is 558 g/mol. The number of hydrogen-bond donors (Lipinski definition) is 6. The third-order valence-corrected chi connectivity index (χ3v) is 7.40. The van der Waals surface area contributed by atoms with Gasteiger partial charge in [0, 0.05) is 17.6 Å². The highest BCUT2D eigenvalue weighted by molar-refractivity contribution is 7.80. The fraction of sp³-hybridized carbons (Fsp3) is 0.577. The van der Waals surface area contributed by atoms with E-state index < -0.39 is 35.9 Å². The maximum absolute atomic E-state index is 12.7. The summed E-state index contributed by atoms with van der Waals surface area (Å²) in [5.74, 6) is 0.691. The number of rotatable bonds is 9. The second-order valence-electron chi connectivity index (χ2n) is 10.9. The zero-order chi connectivity index (χ0) is 29.2. The molecule has 4 heterocycles. The van der Waals surface area contributed by atoms with Crippen LogP contribution in [0.3, 0.4) is 0 Å². The molecule has 0 aliphatic carbocycles. The van der Waals surface area contributed by atoms with E-state index in [1.807, 2.05) is 13.8 Å². The van der Waals surface area contributed by atoms with Gasteiger partial charge in [0.1, 0.15) is 30.4 Å². The summed E-state index contributed by atoms with van der Waals surface area (Å²) >= 11 is 4.33. The summed E-state index contributed by atoms with van der Waals surface area (Å²) in [6.45, 7) is 5.24. The average molecular weight is 594 g/mol. The summed E-state index contributed by atoms with van der Waals surface area (Å²) in [6.07, 6.45) is -0.869. The number of nitrogens with one attached hydrogen (secondary N) is 3. The normalized spacial score (nSPS) is 23.9. The monoisotopic (exact) mass is 593 g/mol. The number of aliphatic hydroxyl groups is 2. The summed E-state index contributed by atoms with van der Waals surface area (Å²) < 4.78 is 30.4. The lowest BCUT2D eigenvalue weighted by molar-refractivity contribution is -0.281. The number of para-hydroxylation sites is 1. The molecule has 224 valence electrons. The van der Waals surface area contributed by atoms with Crippen molar-refractivity contribution in [2.45, 2.75) is 44.5 Å². The second kappa shape index (κ2) is 12.0. The van der Waals surface area contributed by atoms with Crippen LogP contribution in [0.15, 0.2) is 29.2 Å². The van der Waals surface area contributed by atoms with Crippen molar-refractivity contribution in [1.82, 2.24) is 20.2 Å². The standard InChI is InChI=1S/C26H35N5O9S/c1-25(2)12-37-26(14-41,38-13-25)11-28-23(34)27-6-7-36-16-4-3-5-17-21(16)29-22-18(39-17)9-31(24(35)30-22)20-8-15(33)19(10-32)40-20/h3-5,9,15,19-20,32-33,41H,6-8,10-14H2,1-2H3,(H2,27,28,34)(H,29,30,35)/t15-,19+,20+/m0/s1. The summed E-state index contributed by atoms with van der Waals surface area (Å²) in [7, 11) is 0. The van der Waals surface area contributed by atoms with Crippen LogP contribution in [0.5, 0.6) is 17.2 Å². The molecule has 0 saturated carbocycles. The third-order valence-electron chi connectivity index (χ3n) is 6.92. The lowest BCUT2D eigenvalue weighted by atomic mass is 9.95. The number of aliphatic hydroxyl groups excluding tert-OH is 2. The Hall–Kier alpha value is -3.08. The van der Waals surface area contributed by atoms with Crippen molar-refractivity contribution in [3.8, 4) is 17.2 Å². The highest BCUT2D eigenvalue weighted by Crippen LogP contribution is 2.45. The molecule has 1 aromatic carbocycles. The SMILES string of the molecule is CC1(C)COC(CS)(CNC(=O)NCCOc2cccc3c2Nc2nc(=O)n([C@H]4C[C@H](O)[C@@H](CO)O4)cc2O3)OC1. The molecule has 0 radical (unpaired) electrons. The van der Waals surface area contributed by atoms with Gasteiger partial charge in [-0.1, -0.05) is 19.9 Å². The third kappa shape index (κ3) is 6.55. The molecule has 3 aliphatic rings. The van der Waals surface area contributed by atoms with Gasteiger partial charge in [-0.25, -0.2) is 9.59 Å². The van der Waals surface area contributed by atoms with Crippen molar-refractivity contribution in [3.05, 3.63) is 34.9 Å². The zero-order valence-corrected chi connectivity index (χ0v) is 23.7. The Bertz CT molecular complexity index is 1310. The minimum atomic E-state index is -0.970. The number of benzene rings is 1. The van der Waals surface area contributed by atoms with Gasteiger partial charge in [0.15, 0.2) is 23.1 Å². The van der Waals surface area contributed by atoms with Crippen LogP contribution in [-0.4, -0.2) is 89.1 Å². The summed E-state index contributed by atoms with van der Waals surface area (Å²) in [6, 6.07) is 4.79. The Labute approximate surface area is 241 Å². The van der Waals surface area contributed by atoms with Crippen molar-refractivity contribution < 1.29 is 38.7 Å². The van der Waals surface area contributed by atoms with E-state index >= 15 is 0 Å². The molecule has 2 aromatic rings. The molecule has 5 rings (SSSR count). The Morgan fingerprint density at radius 2 is 2.05 bits per heavy atom. The Morgan fingerprint density at radius 1 is 1.27 bits per heavy atom. The highest BCUT2D eigenvalue weighted by atomic mass is 32.1. The van der Waals surface area contributed by atoms with Crippen LogP contribution in [0.25, 0.3) is 0 Å². The van der Waals surface area contributed by atoms with Gasteiger partial charge in [-0.2, -0.15) is 17.6 Å². The molecule has 2 amide bonds. The molecule has 3 aliphatic heterocycles. The van der Waals surface area contributed by atoms with Crippen molar-refractivity contribution in [2.24, 2.45) is 5.41 Å². The predicted octanol–water partition coefficient (Wildman–Crippen LogP) is 1.11. The maximum atomic E-state index is 12.7. The number of amides is 2. The summed E-state index contributed by atoms with van der Waals surface area (Å²) in [5, 5.41) is 27.9. The van der Waals surface area contributed by atoms with Gasteiger partial charge in [-0.05, 0) is 12.1 Å². The van der Waals surface area contributed by atoms with E-state index in [1.54, 1.807) is 18.2 Å². The van der Waals surface area contributed by atoms with Gasteiger partial charge in [-0.15, -0.1) is 0 Å². The smallest absolute Gasteiger partial charge is 0.351 e. The fourth-order valence-electron chi connectivity index (χ4n) is 4.54. The first-order chi connectivity index (χ1) is 19.6. The van der Waals surface area contributed by atoms with E-state index in [4.69, 9.17) is 23.7 Å². The quantitative estimate of drug-likeness (QED) is 0.155. The van der Waals surface area contributed by atoms with Crippen molar-refractivity contribution in [3.63, 3.8) is 0 Å². The Balaban J connectivity index is 1.14. The van der Waals surface area contributed by atoms with Crippen LogP contribution in [0.1, 0.15) is 26.5 Å². The topological polar surface area (TPSA) is 175 Å². The van der Waals surface area contributed by atoms with Gasteiger partial charge in [0.05, 0.1) is 45.2 Å². The van der Waals surface area contributed by atoms with Crippen molar-refractivity contribution >= 4 is 30.2 Å². The van der Waals surface area contributed by atoms with Crippen molar-refractivity contribution in [2.75, 3.05) is 50.6 Å². The lowest BCUT2D eigenvalue weighted by Gasteiger charge is -2.42. The Kier molecular flexibility index (Phi) is 8.63. The molecule has 14 nitrogen and oxygen atoms in total. The first-order valence-corrected chi connectivity index (χ1v) is 13.9. The van der Waals surface area contributed by atoms with Crippen LogP contribution in [0.2, 0.25) is 0 Å². The maximum Gasteiger partial charge on any atom is 0.351 e. The van der Waals surface area contributed by atoms with Gasteiger partial charge < -0.3 is 49.8 Å². The predicted molar refractivity (Wildman–Crippen MR) is 149 cm³/mol. The minimum Gasteiger partial charge on any atom is -0.489 e. The molecule has 3 atom stereocenters. The van der Waals surface area contributed by atoms with Crippen LogP contribution in [-0.2, 0) is 14.2 Å². The van der Waals surface area contributed by atoms with Crippen LogP contribution in [0, 0.1) is 5.41 Å². The summed E-state index contributed by atoms with van der Waals surface area (Å²) in [5.41, 5.74) is -0.230. The molecule has 0 spiro atoms. The van der Waals surface area contributed by atoms with Crippen LogP contribution >= 0.6 is 12.6 Å². The second-order valence-corrected chi connectivity index (χ2v) is 11.2. The average Bonchev–Trinajstić information content (AvgIpc) is 3.34. The first kappa shape index (κ1) is 29.4. The lowest BCUT2D eigenvalue weighted by Crippen LogP contribution is -2.56. The zero-order valence-electron chi connectivity index (χ0n) is 22.8. The number of aromatic nitrogens is 2. The number of anilines is 2. The molecular formula is C26H35N5O9S. The van der Waals surface area contributed by atoms with E-state index in [9.17, 15) is 19.8 Å². The highest BCUT2D eigenvalue weighted by Gasteiger charge is 2.40. The van der Waals surface area contributed by atoms with E-state index in [1.165, 1.54) is 10.8 Å². The fourth-order valence-corrected chi connectivity index (χ4v) is 4.83. The van der Waals surface area contributed by atoms with E-state index in [0.717, 1.165) is 0 Å². The van der Waals surface area contributed by atoms with E-state index in [2.05, 4.69) is 33.6 Å². The number of nitrogens with zero attached hydrogens (tertiary/aromatic N) is 2. The largest absolute Gasteiger partial charge is 0.489 e. The Morgan fingerprint density at radius 3 is 2.76 bits per heavy atom. The number of hydrogen-bond acceptors (Lipinski definition) is 12. The molecule has 5 N–H and O–H groups in total. The van der Waals surface area contributed by atoms with Crippen LogP contribution in [0.4, 0.5) is 16.3 Å². The molecule has 0 unspecified atom stereocenters. The van der Waals surface area contributed by atoms with Gasteiger partial charge in [0.2, 0.25) is 0 Å². The van der Waals surface area contributed by atoms with Gasteiger partial charge in [-0.3, -0.25) is 4.57 Å². The molecule has 2 fully saturated rings. The van der Waals surface area contributed by atoms with Crippen molar-refractivity contribution in [1.29, 1.82) is 0 Å². The number of carbonyl (C=O) groups is 1. The molecule has 2 saturated heterocycles.